The van der Waals surface area contributed by atoms with Crippen molar-refractivity contribution in [1.29, 1.82) is 0 Å². The molecule has 9 heteroatoms. The van der Waals surface area contributed by atoms with Crippen LogP contribution in [0, 0.1) is 17.5 Å². The zero-order valence-electron chi connectivity index (χ0n) is 16.6. The molecule has 0 aliphatic rings. The van der Waals surface area contributed by atoms with Gasteiger partial charge >= 0.3 is 0 Å². The van der Waals surface area contributed by atoms with Gasteiger partial charge in [0.25, 0.3) is 0 Å². The summed E-state index contributed by atoms with van der Waals surface area (Å²) in [5, 5.41) is 21.6. The molecule has 2 N–H and O–H groups in total. The van der Waals surface area contributed by atoms with Crippen LogP contribution < -0.4 is 0 Å². The summed E-state index contributed by atoms with van der Waals surface area (Å²) in [6.45, 7) is 0. The van der Waals surface area contributed by atoms with E-state index in [4.69, 9.17) is 0 Å². The normalized spacial score (nSPS) is 11.2. The number of aromatic hydroxyl groups is 2. The highest BCUT2D eigenvalue weighted by atomic mass is 32.1. The van der Waals surface area contributed by atoms with Crippen LogP contribution in [-0.2, 0) is 0 Å². The number of ketones is 1. The van der Waals surface area contributed by atoms with Crippen molar-refractivity contribution in [3.05, 3.63) is 95.3 Å². The Labute approximate surface area is 188 Å². The quantitative estimate of drug-likeness (QED) is 0.328. The molecule has 5 nitrogen and oxygen atoms in total. The zero-order chi connectivity index (χ0) is 23.3. The summed E-state index contributed by atoms with van der Waals surface area (Å²) >= 11 is 0.959. The average Bonchev–Trinajstić information content (AvgIpc) is 3.32. The number of thiazole rings is 1. The summed E-state index contributed by atoms with van der Waals surface area (Å²) in [7, 11) is 0. The molecule has 0 fully saturated rings. The van der Waals surface area contributed by atoms with Crippen LogP contribution in [0.4, 0.5) is 13.2 Å². The summed E-state index contributed by atoms with van der Waals surface area (Å²) in [5.74, 6) is -4.58. The van der Waals surface area contributed by atoms with E-state index in [-0.39, 0.29) is 27.5 Å². The van der Waals surface area contributed by atoms with Gasteiger partial charge in [0.2, 0.25) is 5.88 Å². The van der Waals surface area contributed by atoms with Gasteiger partial charge in [0.1, 0.15) is 17.5 Å². The molecular formula is C24H13F3N2O3S. The fourth-order valence-corrected chi connectivity index (χ4v) is 4.60. The summed E-state index contributed by atoms with van der Waals surface area (Å²) in [6.07, 6.45) is 0. The standard InChI is InChI=1S/C24H13F3N2O3S/c25-13-6-8-15(16(27)10-13)20-19(21(30)12-4-2-1-3-5-12)22(31)23(32)29(20)24-28-17-9-7-14(26)11-18(17)33-24/h1-11,31-32H. The molecule has 2 aromatic heterocycles. The number of halogens is 3. The van der Waals surface area contributed by atoms with Crippen molar-refractivity contribution in [1.82, 2.24) is 9.55 Å². The summed E-state index contributed by atoms with van der Waals surface area (Å²) in [5.41, 5.74) is -0.257. The highest BCUT2D eigenvalue weighted by molar-refractivity contribution is 7.20. The minimum atomic E-state index is -1.01. The highest BCUT2D eigenvalue weighted by Gasteiger charge is 2.32. The molecule has 0 spiro atoms. The Morgan fingerprint density at radius 2 is 1.61 bits per heavy atom. The van der Waals surface area contributed by atoms with Crippen LogP contribution in [0.25, 0.3) is 26.6 Å². The van der Waals surface area contributed by atoms with Crippen molar-refractivity contribution < 1.29 is 28.2 Å². The van der Waals surface area contributed by atoms with Gasteiger partial charge in [-0.3, -0.25) is 9.36 Å². The lowest BCUT2D eigenvalue weighted by Crippen LogP contribution is -2.05. The van der Waals surface area contributed by atoms with Crippen LogP contribution in [0.1, 0.15) is 15.9 Å². The molecule has 0 aliphatic heterocycles. The highest BCUT2D eigenvalue weighted by Crippen LogP contribution is 2.45. The van der Waals surface area contributed by atoms with Crippen molar-refractivity contribution in [2.24, 2.45) is 0 Å². The number of rotatable bonds is 4. The van der Waals surface area contributed by atoms with E-state index >= 15 is 0 Å². The van der Waals surface area contributed by atoms with E-state index in [1.54, 1.807) is 18.2 Å². The van der Waals surface area contributed by atoms with E-state index in [1.807, 2.05) is 0 Å². The van der Waals surface area contributed by atoms with Crippen LogP contribution in [-0.4, -0.2) is 25.5 Å². The molecule has 0 saturated carbocycles. The monoisotopic (exact) mass is 466 g/mol. The van der Waals surface area contributed by atoms with Crippen molar-refractivity contribution >= 4 is 27.3 Å². The van der Waals surface area contributed by atoms with E-state index in [2.05, 4.69) is 4.98 Å². The second-order valence-electron chi connectivity index (χ2n) is 7.16. The van der Waals surface area contributed by atoms with Gasteiger partial charge in [-0.1, -0.05) is 41.7 Å². The molecule has 0 radical (unpaired) electrons. The lowest BCUT2D eigenvalue weighted by atomic mass is 9.99. The van der Waals surface area contributed by atoms with Gasteiger partial charge in [0.15, 0.2) is 16.7 Å². The second kappa shape index (κ2) is 7.79. The van der Waals surface area contributed by atoms with Gasteiger partial charge < -0.3 is 10.2 Å². The maximum atomic E-state index is 14.9. The third-order valence-electron chi connectivity index (χ3n) is 5.10. The second-order valence-corrected chi connectivity index (χ2v) is 8.17. The average molecular weight is 466 g/mol. The number of benzene rings is 3. The lowest BCUT2D eigenvalue weighted by molar-refractivity contribution is 0.103. The van der Waals surface area contributed by atoms with Gasteiger partial charge in [-0.2, -0.15) is 0 Å². The van der Waals surface area contributed by atoms with Crippen molar-refractivity contribution in [2.45, 2.75) is 0 Å². The third kappa shape index (κ3) is 3.42. The summed E-state index contributed by atoms with van der Waals surface area (Å²) in [4.78, 5) is 17.6. The number of carbonyl (C=O) groups is 1. The molecule has 164 valence electrons. The number of carbonyl (C=O) groups excluding carboxylic acids is 1. The minimum Gasteiger partial charge on any atom is -0.503 e. The van der Waals surface area contributed by atoms with E-state index in [0.717, 1.165) is 28.0 Å². The molecule has 0 saturated heterocycles. The van der Waals surface area contributed by atoms with Crippen molar-refractivity contribution in [2.75, 3.05) is 0 Å². The predicted octanol–water partition coefficient (Wildman–Crippen LogP) is 5.81. The van der Waals surface area contributed by atoms with Gasteiger partial charge in [0, 0.05) is 17.2 Å². The van der Waals surface area contributed by atoms with E-state index in [9.17, 15) is 28.2 Å². The topological polar surface area (TPSA) is 75.3 Å². The van der Waals surface area contributed by atoms with Crippen molar-refractivity contribution in [3.63, 3.8) is 0 Å². The first-order chi connectivity index (χ1) is 15.8. The third-order valence-corrected chi connectivity index (χ3v) is 6.10. The summed E-state index contributed by atoms with van der Waals surface area (Å²) < 4.78 is 43.6. The summed E-state index contributed by atoms with van der Waals surface area (Å²) in [6, 6.07) is 14.5. The SMILES string of the molecule is O=C(c1ccccc1)c1c(O)c(O)n(-c2nc3ccc(F)cc3s2)c1-c1ccc(F)cc1F. The molecule has 5 rings (SSSR count). The Morgan fingerprint density at radius 3 is 2.33 bits per heavy atom. The van der Waals surface area contributed by atoms with E-state index in [0.29, 0.717) is 16.3 Å². The molecule has 0 amide bonds. The van der Waals surface area contributed by atoms with Gasteiger partial charge in [-0.25, -0.2) is 18.2 Å². The first-order valence-electron chi connectivity index (χ1n) is 9.63. The Morgan fingerprint density at radius 1 is 0.909 bits per heavy atom. The largest absolute Gasteiger partial charge is 0.503 e. The van der Waals surface area contributed by atoms with E-state index in [1.165, 1.54) is 30.3 Å². The molecule has 0 bridgehead atoms. The minimum absolute atomic E-state index is 0.0502. The molecular weight excluding hydrogens is 453 g/mol. The number of hydrogen-bond donors (Lipinski definition) is 2. The Balaban J connectivity index is 1.84. The fourth-order valence-electron chi connectivity index (χ4n) is 3.60. The predicted molar refractivity (Wildman–Crippen MR) is 117 cm³/mol. The Hall–Kier alpha value is -4.11. The van der Waals surface area contributed by atoms with Gasteiger partial charge in [0.05, 0.1) is 21.5 Å². The molecule has 2 heterocycles. The van der Waals surface area contributed by atoms with Crippen LogP contribution >= 0.6 is 11.3 Å². The number of hydrogen-bond acceptors (Lipinski definition) is 5. The van der Waals surface area contributed by atoms with Gasteiger partial charge in [-0.05, 0) is 30.3 Å². The van der Waals surface area contributed by atoms with Crippen LogP contribution in [0.2, 0.25) is 0 Å². The zero-order valence-corrected chi connectivity index (χ0v) is 17.4. The first kappa shape index (κ1) is 20.8. The van der Waals surface area contributed by atoms with Gasteiger partial charge in [-0.15, -0.1) is 0 Å². The Kier molecular flexibility index (Phi) is 4.90. The molecule has 5 aromatic rings. The first-order valence-corrected chi connectivity index (χ1v) is 10.4. The molecule has 0 unspecified atom stereocenters. The fraction of sp³-hybridized carbons (Fsp3) is 0. The Bertz CT molecular complexity index is 1540. The molecule has 33 heavy (non-hydrogen) atoms. The molecule has 0 atom stereocenters. The number of aromatic nitrogens is 2. The molecule has 3 aromatic carbocycles. The number of nitrogens with zero attached hydrogens (tertiary/aromatic N) is 2. The molecule has 0 aliphatic carbocycles. The lowest BCUT2D eigenvalue weighted by Gasteiger charge is -2.10. The van der Waals surface area contributed by atoms with Crippen LogP contribution in [0.5, 0.6) is 11.6 Å². The van der Waals surface area contributed by atoms with Crippen LogP contribution in [0.3, 0.4) is 0 Å². The maximum Gasteiger partial charge on any atom is 0.242 e. The maximum absolute atomic E-state index is 14.9. The smallest absolute Gasteiger partial charge is 0.242 e. The van der Waals surface area contributed by atoms with E-state index < -0.39 is 34.9 Å². The van der Waals surface area contributed by atoms with Crippen LogP contribution in [0.15, 0.2) is 66.7 Å². The van der Waals surface area contributed by atoms with Crippen molar-refractivity contribution in [3.8, 4) is 28.0 Å². The number of fused-ring (bicyclic) bond motifs is 1.